The second kappa shape index (κ2) is 10.2. The molecule has 184 valence electrons. The van der Waals surface area contributed by atoms with E-state index < -0.39 is 34.3 Å². The number of nitrogens with one attached hydrogen (secondary N) is 1. The monoisotopic (exact) mass is 497 g/mol. The predicted octanol–water partition coefficient (Wildman–Crippen LogP) is 2.51. The lowest BCUT2D eigenvalue weighted by Gasteiger charge is -2.11. The van der Waals surface area contributed by atoms with Crippen LogP contribution in [0.3, 0.4) is 0 Å². The third-order valence-corrected chi connectivity index (χ3v) is 6.33. The predicted molar refractivity (Wildman–Crippen MR) is 130 cm³/mol. The third kappa shape index (κ3) is 6.23. The van der Waals surface area contributed by atoms with E-state index in [0.717, 1.165) is 16.8 Å². The second-order valence-corrected chi connectivity index (χ2v) is 9.86. The number of aromatic nitrogens is 1. The first-order chi connectivity index (χ1) is 16.4. The zero-order valence-electron chi connectivity index (χ0n) is 19.9. The standard InChI is InChI=1S/C25H27N3O6S/c1-15-9-16(2)11-19(10-15)25(31)27-13-24(30)34-14-23(29)22-12-17(3)28(18(22)4)20-5-7-21(8-6-20)35(26,32)33/h5-12H,13-14H2,1-4H3,(H,27,31)(H2,26,32,33). The molecule has 1 heterocycles. The Labute approximate surface area is 203 Å². The topological polar surface area (TPSA) is 138 Å². The van der Waals surface area contributed by atoms with Crippen molar-refractivity contribution in [1.82, 2.24) is 9.88 Å². The first kappa shape index (κ1) is 25.9. The van der Waals surface area contributed by atoms with E-state index in [1.807, 2.05) is 19.9 Å². The Morgan fingerprint density at radius 1 is 0.943 bits per heavy atom. The summed E-state index contributed by atoms with van der Waals surface area (Å²) >= 11 is 0. The number of rotatable bonds is 8. The molecule has 0 bridgehead atoms. The molecule has 0 aliphatic rings. The van der Waals surface area contributed by atoms with Gasteiger partial charge in [0, 0.05) is 28.2 Å². The number of ketones is 1. The van der Waals surface area contributed by atoms with Crippen molar-refractivity contribution in [1.29, 1.82) is 0 Å². The summed E-state index contributed by atoms with van der Waals surface area (Å²) in [6.45, 7) is 6.44. The van der Waals surface area contributed by atoms with Crippen molar-refractivity contribution < 1.29 is 27.5 Å². The van der Waals surface area contributed by atoms with Gasteiger partial charge in [-0.25, -0.2) is 13.6 Å². The molecule has 3 N–H and O–H groups in total. The van der Waals surface area contributed by atoms with Gasteiger partial charge in [-0.2, -0.15) is 0 Å². The average Bonchev–Trinajstić information content (AvgIpc) is 3.08. The van der Waals surface area contributed by atoms with Gasteiger partial charge in [-0.3, -0.25) is 14.4 Å². The van der Waals surface area contributed by atoms with Gasteiger partial charge in [-0.15, -0.1) is 0 Å². The van der Waals surface area contributed by atoms with E-state index in [4.69, 9.17) is 9.88 Å². The van der Waals surface area contributed by atoms with E-state index in [0.29, 0.717) is 22.5 Å². The van der Waals surface area contributed by atoms with Crippen LogP contribution in [-0.2, 0) is 19.6 Å². The molecule has 0 aliphatic carbocycles. The molecule has 0 aliphatic heterocycles. The van der Waals surface area contributed by atoms with Crippen molar-refractivity contribution in [3.05, 3.63) is 82.2 Å². The number of sulfonamides is 1. The molecule has 2 aromatic carbocycles. The number of carbonyl (C=O) groups is 3. The summed E-state index contributed by atoms with van der Waals surface area (Å²) in [7, 11) is -3.81. The largest absolute Gasteiger partial charge is 0.456 e. The second-order valence-electron chi connectivity index (χ2n) is 8.30. The maximum absolute atomic E-state index is 12.7. The molecule has 9 nitrogen and oxygen atoms in total. The van der Waals surface area contributed by atoms with Crippen molar-refractivity contribution in [3.8, 4) is 5.69 Å². The molecule has 10 heteroatoms. The molecule has 0 unspecified atom stereocenters. The number of nitrogens with zero attached hydrogens (tertiary/aromatic N) is 1. The molecule has 0 radical (unpaired) electrons. The Morgan fingerprint density at radius 3 is 2.11 bits per heavy atom. The van der Waals surface area contributed by atoms with Crippen LogP contribution in [0.5, 0.6) is 0 Å². The summed E-state index contributed by atoms with van der Waals surface area (Å²) in [5.74, 6) is -1.54. The van der Waals surface area contributed by atoms with Crippen molar-refractivity contribution in [3.63, 3.8) is 0 Å². The fraction of sp³-hybridized carbons (Fsp3) is 0.240. The Kier molecular flexibility index (Phi) is 7.57. The van der Waals surface area contributed by atoms with Gasteiger partial charge in [0.25, 0.3) is 5.91 Å². The van der Waals surface area contributed by atoms with Gasteiger partial charge < -0.3 is 14.6 Å². The van der Waals surface area contributed by atoms with E-state index in [2.05, 4.69) is 5.32 Å². The number of primary sulfonamides is 1. The van der Waals surface area contributed by atoms with Crippen molar-refractivity contribution in [2.45, 2.75) is 32.6 Å². The first-order valence-electron chi connectivity index (χ1n) is 10.7. The van der Waals surface area contributed by atoms with Crippen LogP contribution in [0, 0.1) is 27.7 Å². The fourth-order valence-electron chi connectivity index (χ4n) is 3.86. The number of Topliss-reactive ketones (excluding diaryl/α,β-unsaturated/α-hetero) is 1. The van der Waals surface area contributed by atoms with Gasteiger partial charge in [-0.05, 0) is 70.2 Å². The van der Waals surface area contributed by atoms with Crippen LogP contribution < -0.4 is 10.5 Å². The summed E-state index contributed by atoms with van der Waals surface area (Å²) in [6.07, 6.45) is 0. The van der Waals surface area contributed by atoms with Crippen LogP contribution in [0.4, 0.5) is 0 Å². The lowest BCUT2D eigenvalue weighted by atomic mass is 10.1. The molecule has 0 fully saturated rings. The highest BCUT2D eigenvalue weighted by Gasteiger charge is 2.19. The Hall–Kier alpha value is -3.76. The highest BCUT2D eigenvalue weighted by atomic mass is 32.2. The maximum atomic E-state index is 12.7. The number of nitrogens with two attached hydrogens (primary N) is 1. The van der Waals surface area contributed by atoms with Gasteiger partial charge in [-0.1, -0.05) is 17.2 Å². The lowest BCUT2D eigenvalue weighted by Crippen LogP contribution is -2.31. The van der Waals surface area contributed by atoms with E-state index >= 15 is 0 Å². The molecule has 35 heavy (non-hydrogen) atoms. The molecule has 3 rings (SSSR count). The zero-order chi connectivity index (χ0) is 25.9. The number of esters is 1. The fourth-order valence-corrected chi connectivity index (χ4v) is 4.38. The van der Waals surface area contributed by atoms with E-state index in [1.165, 1.54) is 12.1 Å². The van der Waals surface area contributed by atoms with Crippen LogP contribution in [0.1, 0.15) is 43.2 Å². The smallest absolute Gasteiger partial charge is 0.325 e. The zero-order valence-corrected chi connectivity index (χ0v) is 20.7. The third-order valence-electron chi connectivity index (χ3n) is 5.40. The summed E-state index contributed by atoms with van der Waals surface area (Å²) in [5.41, 5.74) is 4.66. The van der Waals surface area contributed by atoms with E-state index in [1.54, 1.807) is 48.7 Å². The van der Waals surface area contributed by atoms with Gasteiger partial charge in [0.2, 0.25) is 15.8 Å². The molecule has 3 aromatic rings. The van der Waals surface area contributed by atoms with Crippen LogP contribution in [0.2, 0.25) is 0 Å². The highest BCUT2D eigenvalue weighted by molar-refractivity contribution is 7.89. The minimum absolute atomic E-state index is 0.0171. The number of hydrogen-bond acceptors (Lipinski definition) is 6. The minimum Gasteiger partial charge on any atom is -0.456 e. The molecule has 0 saturated heterocycles. The van der Waals surface area contributed by atoms with E-state index in [-0.39, 0.29) is 11.4 Å². The van der Waals surface area contributed by atoms with Crippen LogP contribution in [0.15, 0.2) is 53.4 Å². The number of benzene rings is 2. The Bertz CT molecular complexity index is 1390. The minimum atomic E-state index is -3.81. The summed E-state index contributed by atoms with van der Waals surface area (Å²) in [6, 6.07) is 13.0. The number of aryl methyl sites for hydroxylation is 3. The Balaban J connectivity index is 1.62. The molecular formula is C25H27N3O6S. The quantitative estimate of drug-likeness (QED) is 0.362. The lowest BCUT2D eigenvalue weighted by molar-refractivity contribution is -0.141. The van der Waals surface area contributed by atoms with Gasteiger partial charge in [0.05, 0.1) is 4.90 Å². The first-order valence-corrected chi connectivity index (χ1v) is 12.3. The van der Waals surface area contributed by atoms with E-state index in [9.17, 15) is 22.8 Å². The molecular weight excluding hydrogens is 470 g/mol. The number of carbonyl (C=O) groups excluding carboxylic acids is 3. The molecule has 0 atom stereocenters. The van der Waals surface area contributed by atoms with Crippen molar-refractivity contribution in [2.75, 3.05) is 13.2 Å². The van der Waals surface area contributed by atoms with Gasteiger partial charge in [0.1, 0.15) is 6.54 Å². The SMILES string of the molecule is Cc1cc(C)cc(C(=O)NCC(=O)OCC(=O)c2cc(C)n(-c3ccc(S(N)(=O)=O)cc3)c2C)c1. The highest BCUT2D eigenvalue weighted by Crippen LogP contribution is 2.22. The van der Waals surface area contributed by atoms with Crippen LogP contribution in [0.25, 0.3) is 5.69 Å². The van der Waals surface area contributed by atoms with Gasteiger partial charge >= 0.3 is 5.97 Å². The number of hydrogen-bond donors (Lipinski definition) is 2. The van der Waals surface area contributed by atoms with Crippen LogP contribution in [-0.4, -0.2) is 43.8 Å². The molecule has 0 saturated carbocycles. The van der Waals surface area contributed by atoms with Crippen LogP contribution >= 0.6 is 0 Å². The summed E-state index contributed by atoms with van der Waals surface area (Å²) in [5, 5.41) is 7.64. The molecule has 1 aromatic heterocycles. The Morgan fingerprint density at radius 2 is 1.54 bits per heavy atom. The number of ether oxygens (including phenoxy) is 1. The van der Waals surface area contributed by atoms with Gasteiger partial charge in [0.15, 0.2) is 6.61 Å². The molecule has 1 amide bonds. The summed E-state index contributed by atoms with van der Waals surface area (Å²) < 4.78 is 29.8. The number of amides is 1. The normalized spacial score (nSPS) is 11.2. The van der Waals surface area contributed by atoms with Crippen molar-refractivity contribution in [2.24, 2.45) is 5.14 Å². The van der Waals surface area contributed by atoms with Crippen molar-refractivity contribution >= 4 is 27.7 Å². The summed E-state index contributed by atoms with van der Waals surface area (Å²) in [4.78, 5) is 37.1. The maximum Gasteiger partial charge on any atom is 0.325 e. The molecule has 0 spiro atoms. The average molecular weight is 498 g/mol.